The molecule has 0 spiro atoms. The Balaban J connectivity index is 0.000000396. The SMILES string of the molecule is C=CC(=O)OCCN.O=C(O)c1cc(O)c(O)c(O)c1. The summed E-state index contributed by atoms with van der Waals surface area (Å²) < 4.78 is 4.46. The number of rotatable bonds is 4. The quantitative estimate of drug-likeness (QED) is 0.298. The Hall–Kier alpha value is -2.74. The van der Waals surface area contributed by atoms with E-state index in [1.54, 1.807) is 0 Å². The fraction of sp³-hybridized carbons (Fsp3) is 0.167. The van der Waals surface area contributed by atoms with E-state index < -0.39 is 29.2 Å². The molecule has 0 unspecified atom stereocenters. The summed E-state index contributed by atoms with van der Waals surface area (Å²) in [6.07, 6.45) is 1.11. The second-order valence-corrected chi connectivity index (χ2v) is 3.33. The molecule has 0 aliphatic rings. The molecule has 8 heteroatoms. The second kappa shape index (κ2) is 8.38. The van der Waals surface area contributed by atoms with Crippen LogP contribution in [-0.2, 0) is 9.53 Å². The number of carboxylic acids is 1. The van der Waals surface area contributed by atoms with Crippen LogP contribution in [0.5, 0.6) is 17.2 Å². The maximum absolute atomic E-state index is 10.3. The molecule has 8 nitrogen and oxygen atoms in total. The highest BCUT2D eigenvalue weighted by Crippen LogP contribution is 2.35. The van der Waals surface area contributed by atoms with E-state index in [0.29, 0.717) is 6.54 Å². The first kappa shape index (κ1) is 17.3. The topological polar surface area (TPSA) is 150 Å². The third-order valence-electron chi connectivity index (χ3n) is 1.85. The van der Waals surface area contributed by atoms with Crippen molar-refractivity contribution in [3.05, 3.63) is 30.4 Å². The van der Waals surface area contributed by atoms with Gasteiger partial charge in [-0.05, 0) is 12.1 Å². The molecule has 0 amide bonds. The molecule has 110 valence electrons. The lowest BCUT2D eigenvalue weighted by atomic mass is 10.2. The number of phenolic OH excluding ortho intramolecular Hbond substituents is 3. The van der Waals surface area contributed by atoms with Gasteiger partial charge in [0.15, 0.2) is 17.2 Å². The number of hydrogen-bond donors (Lipinski definition) is 5. The first-order valence-corrected chi connectivity index (χ1v) is 5.31. The average Bonchev–Trinajstić information content (AvgIpc) is 2.42. The molecule has 0 aliphatic carbocycles. The highest BCUT2D eigenvalue weighted by Gasteiger charge is 2.11. The minimum atomic E-state index is -1.29. The van der Waals surface area contributed by atoms with E-state index in [1.807, 2.05) is 0 Å². The van der Waals surface area contributed by atoms with Crippen molar-refractivity contribution in [2.24, 2.45) is 5.73 Å². The van der Waals surface area contributed by atoms with Crippen LogP contribution in [0.4, 0.5) is 0 Å². The molecule has 1 rings (SSSR count). The summed E-state index contributed by atoms with van der Waals surface area (Å²) in [5, 5.41) is 35.0. The highest BCUT2D eigenvalue weighted by atomic mass is 16.5. The van der Waals surface area contributed by atoms with E-state index in [1.165, 1.54) is 0 Å². The number of carbonyl (C=O) groups excluding carboxylic acids is 1. The van der Waals surface area contributed by atoms with Crippen LogP contribution in [0.1, 0.15) is 10.4 Å². The van der Waals surface area contributed by atoms with Gasteiger partial charge in [-0.15, -0.1) is 0 Å². The van der Waals surface area contributed by atoms with Crippen LogP contribution in [0.3, 0.4) is 0 Å². The van der Waals surface area contributed by atoms with Gasteiger partial charge in [0.05, 0.1) is 5.56 Å². The molecule has 0 saturated carbocycles. The van der Waals surface area contributed by atoms with Crippen molar-refractivity contribution in [2.75, 3.05) is 13.2 Å². The number of aromatic carboxylic acids is 1. The van der Waals surface area contributed by atoms with Crippen LogP contribution in [0, 0.1) is 0 Å². The van der Waals surface area contributed by atoms with E-state index in [0.717, 1.165) is 18.2 Å². The monoisotopic (exact) mass is 285 g/mol. The molecule has 1 aromatic carbocycles. The van der Waals surface area contributed by atoms with Crippen molar-refractivity contribution in [1.29, 1.82) is 0 Å². The smallest absolute Gasteiger partial charge is 0.335 e. The zero-order chi connectivity index (χ0) is 15.7. The molecule has 20 heavy (non-hydrogen) atoms. The molecule has 6 N–H and O–H groups in total. The molecule has 0 atom stereocenters. The summed E-state index contributed by atoms with van der Waals surface area (Å²) in [5.74, 6) is -3.75. The van der Waals surface area contributed by atoms with Gasteiger partial charge < -0.3 is 30.9 Å². The van der Waals surface area contributed by atoms with Crippen LogP contribution in [0.2, 0.25) is 0 Å². The van der Waals surface area contributed by atoms with Crippen LogP contribution < -0.4 is 5.73 Å². The molecule has 1 aromatic rings. The average molecular weight is 285 g/mol. The number of esters is 1. The number of nitrogens with two attached hydrogens (primary N) is 1. The van der Waals surface area contributed by atoms with Gasteiger partial charge in [-0.1, -0.05) is 6.58 Å². The van der Waals surface area contributed by atoms with Crippen molar-refractivity contribution in [3.63, 3.8) is 0 Å². The van der Waals surface area contributed by atoms with Crippen molar-refractivity contribution in [3.8, 4) is 17.2 Å². The Labute approximate surface area is 114 Å². The Morgan fingerprint density at radius 3 is 2.10 bits per heavy atom. The second-order valence-electron chi connectivity index (χ2n) is 3.33. The van der Waals surface area contributed by atoms with E-state index in [4.69, 9.17) is 26.2 Å². The van der Waals surface area contributed by atoms with Gasteiger partial charge >= 0.3 is 11.9 Å². The van der Waals surface area contributed by atoms with Gasteiger partial charge in [0.2, 0.25) is 0 Å². The summed E-state index contributed by atoms with van der Waals surface area (Å²) in [4.78, 5) is 20.5. The minimum absolute atomic E-state index is 0.269. The predicted molar refractivity (Wildman–Crippen MR) is 68.6 cm³/mol. The van der Waals surface area contributed by atoms with E-state index >= 15 is 0 Å². The summed E-state index contributed by atoms with van der Waals surface area (Å²) in [6, 6.07) is 1.69. The van der Waals surface area contributed by atoms with E-state index in [2.05, 4.69) is 11.3 Å². The number of hydrogen-bond acceptors (Lipinski definition) is 7. The standard InChI is InChI=1S/C7H6O5.C5H9NO2/c8-4-1-3(7(11)12)2-5(9)6(4)10;1-2-5(7)8-4-3-6/h1-2,8-10H,(H,11,12);2H,1,3-4,6H2. The van der Waals surface area contributed by atoms with Gasteiger partial charge in [0, 0.05) is 12.6 Å². The maximum atomic E-state index is 10.3. The van der Waals surface area contributed by atoms with Crippen LogP contribution in [0.25, 0.3) is 0 Å². The molecule has 0 bridgehead atoms. The molecule has 0 radical (unpaired) electrons. The molecule has 0 saturated heterocycles. The third-order valence-corrected chi connectivity index (χ3v) is 1.85. The maximum Gasteiger partial charge on any atom is 0.335 e. The molecular weight excluding hydrogens is 270 g/mol. The Morgan fingerprint density at radius 2 is 1.75 bits per heavy atom. The number of ether oxygens (including phenoxy) is 1. The predicted octanol–water partition coefficient (Wildman–Crippen LogP) is 0.176. The Kier molecular flexibility index (Phi) is 7.23. The first-order chi connectivity index (χ1) is 9.33. The van der Waals surface area contributed by atoms with Gasteiger partial charge in [-0.25, -0.2) is 9.59 Å². The lowest BCUT2D eigenvalue weighted by Gasteiger charge is -2.01. The van der Waals surface area contributed by atoms with Gasteiger partial charge in [0.1, 0.15) is 6.61 Å². The number of benzene rings is 1. The molecular formula is C12H15NO7. The Morgan fingerprint density at radius 1 is 1.25 bits per heavy atom. The van der Waals surface area contributed by atoms with Crippen molar-refractivity contribution in [2.45, 2.75) is 0 Å². The van der Waals surface area contributed by atoms with Gasteiger partial charge in [0.25, 0.3) is 0 Å². The molecule has 0 fully saturated rings. The zero-order valence-electron chi connectivity index (χ0n) is 10.4. The number of carbonyl (C=O) groups is 2. The van der Waals surface area contributed by atoms with E-state index in [-0.39, 0.29) is 12.2 Å². The molecule has 0 aromatic heterocycles. The van der Waals surface area contributed by atoms with E-state index in [9.17, 15) is 9.59 Å². The normalized spacial score (nSPS) is 9.05. The summed E-state index contributed by atoms with van der Waals surface area (Å²) in [5.41, 5.74) is 4.73. The Bertz CT molecular complexity index is 476. The van der Waals surface area contributed by atoms with Gasteiger partial charge in [-0.3, -0.25) is 0 Å². The van der Waals surface area contributed by atoms with Crippen molar-refractivity contribution >= 4 is 11.9 Å². The van der Waals surface area contributed by atoms with Crippen molar-refractivity contribution in [1.82, 2.24) is 0 Å². The van der Waals surface area contributed by atoms with Crippen LogP contribution >= 0.6 is 0 Å². The molecule has 0 aliphatic heterocycles. The van der Waals surface area contributed by atoms with Crippen LogP contribution in [-0.4, -0.2) is 45.5 Å². The fourth-order valence-corrected chi connectivity index (χ4v) is 0.946. The summed E-state index contributed by atoms with van der Waals surface area (Å²) in [6.45, 7) is 3.83. The first-order valence-electron chi connectivity index (χ1n) is 5.31. The summed E-state index contributed by atoms with van der Waals surface area (Å²) in [7, 11) is 0. The lowest BCUT2D eigenvalue weighted by Crippen LogP contribution is -2.11. The highest BCUT2D eigenvalue weighted by molar-refractivity contribution is 5.89. The van der Waals surface area contributed by atoms with Gasteiger partial charge in [-0.2, -0.15) is 0 Å². The largest absolute Gasteiger partial charge is 0.504 e. The number of phenols is 3. The third kappa shape index (κ3) is 5.74. The number of carboxylic acid groups (broad SMARTS) is 1. The number of aromatic hydroxyl groups is 3. The molecule has 0 heterocycles. The fourth-order valence-electron chi connectivity index (χ4n) is 0.946. The zero-order valence-corrected chi connectivity index (χ0v) is 10.4. The minimum Gasteiger partial charge on any atom is -0.504 e. The van der Waals surface area contributed by atoms with Crippen LogP contribution in [0.15, 0.2) is 24.8 Å². The van der Waals surface area contributed by atoms with Crippen molar-refractivity contribution < 1.29 is 34.8 Å². The lowest BCUT2D eigenvalue weighted by molar-refractivity contribution is -0.137. The summed E-state index contributed by atoms with van der Waals surface area (Å²) >= 11 is 0.